The van der Waals surface area contributed by atoms with Crippen LogP contribution in [0.25, 0.3) is 56.2 Å². The van der Waals surface area contributed by atoms with Crippen LogP contribution in [0, 0.1) is 0 Å². The molecule has 0 aliphatic heterocycles. The van der Waals surface area contributed by atoms with Gasteiger partial charge in [-0.25, -0.2) is 4.98 Å². The lowest BCUT2D eigenvalue weighted by Gasteiger charge is -2.12. The van der Waals surface area contributed by atoms with Crippen LogP contribution in [0.4, 0.5) is 0 Å². The molecule has 0 aliphatic carbocycles. The van der Waals surface area contributed by atoms with E-state index in [9.17, 15) is 0 Å². The van der Waals surface area contributed by atoms with E-state index in [1.807, 2.05) is 65.4 Å². The Bertz CT molecular complexity index is 1710. The minimum Gasteiger partial charge on any atom is -0.308 e. The number of nitrogens with zero attached hydrogens (tertiary/aromatic N) is 6. The maximum Gasteiger partial charge on any atom is 0.188 e. The molecule has 4 aromatic heterocycles. The molecule has 0 bridgehead atoms. The highest BCUT2D eigenvalue weighted by Gasteiger charge is 2.19. The van der Waals surface area contributed by atoms with Crippen molar-refractivity contribution < 1.29 is 0 Å². The van der Waals surface area contributed by atoms with Gasteiger partial charge >= 0.3 is 0 Å². The normalized spacial score (nSPS) is 11.3. The van der Waals surface area contributed by atoms with Crippen molar-refractivity contribution in [3.05, 3.63) is 122 Å². The molecule has 7 rings (SSSR count). The Morgan fingerprint density at radius 1 is 0.500 bits per heavy atom. The molecule has 3 aromatic carbocycles. The lowest BCUT2D eigenvalue weighted by Crippen LogP contribution is -2.04. The molecule has 0 saturated carbocycles. The number of para-hydroxylation sites is 2. The summed E-state index contributed by atoms with van der Waals surface area (Å²) in [6.45, 7) is 0. The minimum absolute atomic E-state index is 0.645. The topological polar surface area (TPSA) is 61.4 Å². The summed E-state index contributed by atoms with van der Waals surface area (Å²) in [5.74, 6) is 2.09. The first-order valence-electron chi connectivity index (χ1n) is 11.8. The smallest absolute Gasteiger partial charge is 0.188 e. The highest BCUT2D eigenvalue weighted by molar-refractivity contribution is 6.09. The molecule has 4 heterocycles. The van der Waals surface area contributed by atoms with Gasteiger partial charge in [-0.3, -0.25) is 9.55 Å². The number of aromatic nitrogens is 6. The summed E-state index contributed by atoms with van der Waals surface area (Å²) >= 11 is 0. The van der Waals surface area contributed by atoms with Crippen LogP contribution in [0.1, 0.15) is 0 Å². The third-order valence-corrected chi connectivity index (χ3v) is 6.39. The molecular formula is C30H20N6. The number of benzene rings is 3. The van der Waals surface area contributed by atoms with Gasteiger partial charge in [-0.2, -0.15) is 0 Å². The molecular weight excluding hydrogens is 444 g/mol. The summed E-state index contributed by atoms with van der Waals surface area (Å²) in [6, 6.07) is 36.8. The van der Waals surface area contributed by atoms with Gasteiger partial charge < -0.3 is 4.57 Å². The number of rotatable bonds is 4. The molecule has 0 amide bonds. The second-order valence-corrected chi connectivity index (χ2v) is 8.51. The second-order valence-electron chi connectivity index (χ2n) is 8.51. The second kappa shape index (κ2) is 8.29. The Hall–Kier alpha value is -5.10. The fourth-order valence-electron chi connectivity index (χ4n) is 4.78. The molecule has 0 saturated heterocycles. The molecule has 0 unspecified atom stereocenters. The van der Waals surface area contributed by atoms with E-state index < -0.39 is 0 Å². The van der Waals surface area contributed by atoms with Crippen LogP contribution in [0.15, 0.2) is 122 Å². The van der Waals surface area contributed by atoms with Crippen LogP contribution in [-0.2, 0) is 0 Å². The molecule has 0 radical (unpaired) electrons. The Labute approximate surface area is 207 Å². The highest BCUT2D eigenvalue weighted by Crippen LogP contribution is 2.32. The standard InChI is InChI=1S/C30H20N6/c1-2-10-21(11-3-1)29-33-34-30(25-14-8-9-19-31-25)36(29)28-18-17-22(20-32-28)35-26-15-6-4-12-23(26)24-13-5-7-16-27(24)35/h1-20H. The van der Waals surface area contributed by atoms with E-state index in [1.165, 1.54) is 10.8 Å². The number of hydrogen-bond donors (Lipinski definition) is 0. The summed E-state index contributed by atoms with van der Waals surface area (Å²) in [5.41, 5.74) is 4.99. The monoisotopic (exact) mass is 464 g/mol. The van der Waals surface area contributed by atoms with E-state index in [1.54, 1.807) is 6.20 Å². The Morgan fingerprint density at radius 3 is 1.83 bits per heavy atom. The van der Waals surface area contributed by atoms with Crippen molar-refractivity contribution in [3.63, 3.8) is 0 Å². The molecule has 0 spiro atoms. The number of hydrogen-bond acceptors (Lipinski definition) is 4. The maximum absolute atomic E-state index is 4.90. The predicted octanol–water partition coefficient (Wildman–Crippen LogP) is 6.49. The van der Waals surface area contributed by atoms with Crippen molar-refractivity contribution in [1.29, 1.82) is 0 Å². The highest BCUT2D eigenvalue weighted by atomic mass is 15.3. The van der Waals surface area contributed by atoms with Crippen molar-refractivity contribution >= 4 is 21.8 Å². The molecule has 0 atom stereocenters. The van der Waals surface area contributed by atoms with Gasteiger partial charge in [-0.15, -0.1) is 10.2 Å². The van der Waals surface area contributed by atoms with Gasteiger partial charge in [0.25, 0.3) is 0 Å². The van der Waals surface area contributed by atoms with Crippen LogP contribution < -0.4 is 0 Å². The molecule has 0 fully saturated rings. The Balaban J connectivity index is 1.41. The van der Waals surface area contributed by atoms with Gasteiger partial charge in [0.1, 0.15) is 11.5 Å². The molecule has 170 valence electrons. The summed E-state index contributed by atoms with van der Waals surface area (Å²) in [6.07, 6.45) is 3.67. The number of fused-ring (bicyclic) bond motifs is 3. The SMILES string of the molecule is c1ccc(-c2nnc(-c3ccccn3)n2-c2ccc(-n3c4ccccc4c4ccccc43)cn2)cc1. The van der Waals surface area contributed by atoms with Gasteiger partial charge in [0.15, 0.2) is 11.6 Å². The lowest BCUT2D eigenvalue weighted by atomic mass is 10.2. The predicted molar refractivity (Wildman–Crippen MR) is 142 cm³/mol. The first-order valence-corrected chi connectivity index (χ1v) is 11.8. The average molecular weight is 465 g/mol. The summed E-state index contributed by atoms with van der Waals surface area (Å²) in [5, 5.41) is 11.5. The summed E-state index contributed by atoms with van der Waals surface area (Å²) < 4.78 is 4.22. The van der Waals surface area contributed by atoms with E-state index in [0.717, 1.165) is 33.8 Å². The molecule has 6 heteroatoms. The van der Waals surface area contributed by atoms with Crippen molar-refractivity contribution in [3.8, 4) is 34.4 Å². The third kappa shape index (κ3) is 3.20. The lowest BCUT2D eigenvalue weighted by molar-refractivity contribution is 0.988. The van der Waals surface area contributed by atoms with Gasteiger partial charge in [0.05, 0.1) is 22.9 Å². The van der Waals surface area contributed by atoms with Crippen LogP contribution in [-0.4, -0.2) is 29.3 Å². The van der Waals surface area contributed by atoms with Crippen molar-refractivity contribution in [2.45, 2.75) is 0 Å². The summed E-state index contributed by atoms with van der Waals surface area (Å²) in [4.78, 5) is 9.41. The van der Waals surface area contributed by atoms with Gasteiger partial charge in [-0.1, -0.05) is 72.8 Å². The minimum atomic E-state index is 0.645. The van der Waals surface area contributed by atoms with Crippen LogP contribution in [0.3, 0.4) is 0 Å². The molecule has 0 aliphatic rings. The first kappa shape index (κ1) is 20.3. The van der Waals surface area contributed by atoms with Crippen LogP contribution in [0.2, 0.25) is 0 Å². The quantitative estimate of drug-likeness (QED) is 0.299. The Kier molecular flexibility index (Phi) is 4.67. The van der Waals surface area contributed by atoms with Crippen molar-refractivity contribution in [2.24, 2.45) is 0 Å². The van der Waals surface area contributed by atoms with Crippen molar-refractivity contribution in [2.75, 3.05) is 0 Å². The van der Waals surface area contributed by atoms with E-state index in [-0.39, 0.29) is 0 Å². The largest absolute Gasteiger partial charge is 0.308 e. The zero-order valence-corrected chi connectivity index (χ0v) is 19.2. The zero-order valence-electron chi connectivity index (χ0n) is 19.2. The third-order valence-electron chi connectivity index (χ3n) is 6.39. The van der Waals surface area contributed by atoms with E-state index >= 15 is 0 Å². The molecule has 0 N–H and O–H groups in total. The maximum atomic E-state index is 4.90. The van der Waals surface area contributed by atoms with E-state index in [2.05, 4.69) is 74.3 Å². The summed E-state index contributed by atoms with van der Waals surface area (Å²) in [7, 11) is 0. The van der Waals surface area contributed by atoms with Gasteiger partial charge in [0.2, 0.25) is 0 Å². The average Bonchev–Trinajstić information content (AvgIpc) is 3.54. The fraction of sp³-hybridized carbons (Fsp3) is 0. The first-order chi connectivity index (χ1) is 17.9. The number of pyridine rings is 2. The van der Waals surface area contributed by atoms with Crippen LogP contribution in [0.5, 0.6) is 0 Å². The fourth-order valence-corrected chi connectivity index (χ4v) is 4.78. The molecule has 36 heavy (non-hydrogen) atoms. The van der Waals surface area contributed by atoms with Gasteiger partial charge in [0, 0.05) is 22.5 Å². The van der Waals surface area contributed by atoms with Crippen LogP contribution >= 0.6 is 0 Å². The van der Waals surface area contributed by atoms with E-state index in [4.69, 9.17) is 4.98 Å². The zero-order chi connectivity index (χ0) is 23.9. The molecule has 6 nitrogen and oxygen atoms in total. The Morgan fingerprint density at radius 2 is 1.17 bits per heavy atom. The van der Waals surface area contributed by atoms with E-state index in [0.29, 0.717) is 11.6 Å². The molecule has 7 aromatic rings. The van der Waals surface area contributed by atoms with Gasteiger partial charge in [-0.05, 0) is 36.4 Å². The van der Waals surface area contributed by atoms with Crippen molar-refractivity contribution in [1.82, 2.24) is 29.3 Å².